The fraction of sp³-hybridized carbons (Fsp3) is 1.00. The maximum Gasteiger partial charge on any atom is 0.564 e. The molecule has 0 bridgehead atoms. The van der Waals surface area contributed by atoms with Crippen LogP contribution in [-0.4, -0.2) is 34.9 Å². The van der Waals surface area contributed by atoms with E-state index in [0.29, 0.717) is 0 Å². The predicted octanol–water partition coefficient (Wildman–Crippen LogP) is 4.22. The van der Waals surface area contributed by atoms with Crippen LogP contribution in [0.5, 0.6) is 0 Å². The Morgan fingerprint density at radius 3 is 1.58 bits per heavy atom. The van der Waals surface area contributed by atoms with Gasteiger partial charge in [0, 0.05) is 5.41 Å². The lowest BCUT2D eigenvalue weighted by atomic mass is 9.94. The van der Waals surface area contributed by atoms with Gasteiger partial charge in [0.2, 0.25) is 0 Å². The van der Waals surface area contributed by atoms with E-state index in [4.69, 9.17) is 9.05 Å². The molecule has 0 rings (SSSR count). The molecule has 6 heteroatoms. The van der Waals surface area contributed by atoms with E-state index < -0.39 is 17.7 Å². The van der Waals surface area contributed by atoms with Crippen molar-refractivity contribution in [2.45, 2.75) is 60.9 Å². The van der Waals surface area contributed by atoms with Crippen LogP contribution >= 0.6 is 7.75 Å². The first kappa shape index (κ1) is 19.1. The largest absolute Gasteiger partial charge is 0.564 e. The summed E-state index contributed by atoms with van der Waals surface area (Å²) >= 11 is 0. The molecule has 0 saturated heterocycles. The van der Waals surface area contributed by atoms with Crippen LogP contribution in [0.15, 0.2) is 0 Å². The summed E-state index contributed by atoms with van der Waals surface area (Å²) in [5.41, 5.74) is -0.890. The van der Waals surface area contributed by atoms with Gasteiger partial charge in [-0.1, -0.05) is 25.2 Å². The van der Waals surface area contributed by atoms with Crippen LogP contribution in [0.25, 0.3) is 0 Å². The van der Waals surface area contributed by atoms with E-state index in [-0.39, 0.29) is 25.2 Å². The highest BCUT2D eigenvalue weighted by atomic mass is 31.2. The van der Waals surface area contributed by atoms with E-state index in [2.05, 4.69) is 0 Å². The van der Waals surface area contributed by atoms with E-state index in [9.17, 15) is 9.77 Å². The van der Waals surface area contributed by atoms with Crippen molar-refractivity contribution >= 4 is 7.75 Å². The van der Waals surface area contributed by atoms with Gasteiger partial charge < -0.3 is 0 Å². The SMILES string of the molecule is CCOP(=O)(OCC)[N+](O)(CC(C)(C)C)C(C)(C)C. The summed E-state index contributed by atoms with van der Waals surface area (Å²) in [7, 11) is -3.67. The van der Waals surface area contributed by atoms with E-state index in [1.54, 1.807) is 13.8 Å². The summed E-state index contributed by atoms with van der Waals surface area (Å²) in [6.07, 6.45) is 0. The molecule has 0 aromatic heterocycles. The van der Waals surface area contributed by atoms with E-state index in [1.807, 2.05) is 41.5 Å². The Balaban J connectivity index is 5.75. The summed E-state index contributed by atoms with van der Waals surface area (Å²) in [4.78, 5) is 0. The first-order chi connectivity index (χ1) is 8.33. The van der Waals surface area contributed by atoms with Crippen molar-refractivity contribution in [2.24, 2.45) is 5.41 Å². The molecule has 0 aliphatic heterocycles. The maximum atomic E-state index is 13.0. The number of quaternary nitrogens is 1. The third-order valence-corrected chi connectivity index (χ3v) is 5.48. The highest BCUT2D eigenvalue weighted by Gasteiger charge is 2.60. The summed E-state index contributed by atoms with van der Waals surface area (Å²) in [5, 5.41) is 11.1. The van der Waals surface area contributed by atoms with Gasteiger partial charge in [0.25, 0.3) is 0 Å². The van der Waals surface area contributed by atoms with E-state index in [0.717, 1.165) is 0 Å². The van der Waals surface area contributed by atoms with E-state index >= 15 is 0 Å². The molecule has 19 heavy (non-hydrogen) atoms. The van der Waals surface area contributed by atoms with Crippen molar-refractivity contribution in [3.8, 4) is 0 Å². The molecular formula is C13H31NO4P+. The van der Waals surface area contributed by atoms with Crippen LogP contribution in [0.3, 0.4) is 0 Å². The lowest BCUT2D eigenvalue weighted by molar-refractivity contribution is -1.05. The second-order valence-corrected chi connectivity index (χ2v) is 9.04. The molecule has 0 aliphatic carbocycles. The number of hydroxylamine groups is 2. The number of rotatable bonds is 6. The van der Waals surface area contributed by atoms with Gasteiger partial charge in [-0.15, -0.1) is 0 Å². The molecule has 0 aromatic carbocycles. The zero-order chi connectivity index (χ0) is 15.5. The Hall–Kier alpha value is 0.0700. The lowest BCUT2D eigenvalue weighted by Gasteiger charge is -2.45. The minimum atomic E-state index is -3.67. The first-order valence-electron chi connectivity index (χ1n) is 6.83. The van der Waals surface area contributed by atoms with Crippen LogP contribution in [0, 0.1) is 5.41 Å². The summed E-state index contributed by atoms with van der Waals surface area (Å²) in [6, 6.07) is 0. The zero-order valence-corrected chi connectivity index (χ0v) is 14.6. The lowest BCUT2D eigenvalue weighted by Crippen LogP contribution is -2.58. The number of nitrogens with zero attached hydrogens (tertiary/aromatic N) is 1. The average molecular weight is 296 g/mol. The van der Waals surface area contributed by atoms with Crippen molar-refractivity contribution in [3.63, 3.8) is 0 Å². The molecule has 5 nitrogen and oxygen atoms in total. The second-order valence-electron chi connectivity index (χ2n) is 6.92. The molecule has 0 radical (unpaired) electrons. The first-order valence-corrected chi connectivity index (χ1v) is 8.33. The van der Waals surface area contributed by atoms with Gasteiger partial charge in [0.1, 0.15) is 12.1 Å². The molecular weight excluding hydrogens is 265 g/mol. The summed E-state index contributed by atoms with van der Waals surface area (Å²) < 4.78 is 23.0. The van der Waals surface area contributed by atoms with Gasteiger partial charge in [-0.05, 0) is 34.6 Å². The Morgan fingerprint density at radius 2 is 1.37 bits per heavy atom. The zero-order valence-electron chi connectivity index (χ0n) is 13.7. The number of hydrogen-bond acceptors (Lipinski definition) is 4. The molecule has 1 N–H and O–H groups in total. The molecule has 0 saturated carbocycles. The Labute approximate surface area is 118 Å². The molecule has 0 aliphatic rings. The standard InChI is InChI=1S/C13H31NO4P/c1-9-17-19(16,18-10-2)14(15,13(6,7)8)11-12(3,4)5/h15H,9-11H2,1-8H3/q+1. The Kier molecular flexibility index (Phi) is 6.25. The normalized spacial score (nSPS) is 17.3. The quantitative estimate of drug-likeness (QED) is 0.589. The minimum absolute atomic E-state index is 0.216. The maximum absolute atomic E-state index is 13.0. The fourth-order valence-electron chi connectivity index (χ4n) is 1.91. The molecule has 1 atom stereocenters. The van der Waals surface area contributed by atoms with Gasteiger partial charge in [-0.3, -0.25) is 9.05 Å². The molecule has 0 heterocycles. The number of hydrogen-bond donors (Lipinski definition) is 1. The second kappa shape index (κ2) is 6.23. The smallest absolute Gasteiger partial charge is 0.261 e. The Morgan fingerprint density at radius 1 is 1.00 bits per heavy atom. The van der Waals surface area contributed by atoms with E-state index in [1.165, 1.54) is 0 Å². The average Bonchev–Trinajstić information content (AvgIpc) is 2.13. The van der Waals surface area contributed by atoms with Crippen molar-refractivity contribution in [1.29, 1.82) is 0 Å². The molecule has 0 aromatic rings. The Bertz CT molecular complexity index is 323. The minimum Gasteiger partial charge on any atom is -0.261 e. The summed E-state index contributed by atoms with van der Waals surface area (Å²) in [5.74, 6) is 0. The molecule has 116 valence electrons. The fourth-order valence-corrected chi connectivity index (χ4v) is 4.35. The highest BCUT2D eigenvalue weighted by Crippen LogP contribution is 2.61. The third-order valence-electron chi connectivity index (χ3n) is 2.76. The molecule has 0 spiro atoms. The molecule has 0 fully saturated rings. The summed E-state index contributed by atoms with van der Waals surface area (Å²) in [6.45, 7) is 15.7. The van der Waals surface area contributed by atoms with Crippen molar-refractivity contribution < 1.29 is 23.2 Å². The van der Waals surface area contributed by atoms with Crippen LogP contribution in [0.1, 0.15) is 55.4 Å². The van der Waals surface area contributed by atoms with Crippen LogP contribution < -0.4 is 0 Å². The van der Waals surface area contributed by atoms with Crippen LogP contribution in [0.4, 0.5) is 0 Å². The van der Waals surface area contributed by atoms with Gasteiger partial charge >= 0.3 is 7.75 Å². The predicted molar refractivity (Wildman–Crippen MR) is 77.0 cm³/mol. The topological polar surface area (TPSA) is 55.8 Å². The monoisotopic (exact) mass is 296 g/mol. The van der Waals surface area contributed by atoms with Gasteiger partial charge in [-0.2, -0.15) is 4.57 Å². The van der Waals surface area contributed by atoms with Crippen molar-refractivity contribution in [3.05, 3.63) is 0 Å². The van der Waals surface area contributed by atoms with Crippen LogP contribution in [0.2, 0.25) is 0 Å². The van der Waals surface area contributed by atoms with Crippen LogP contribution in [-0.2, 0) is 13.6 Å². The van der Waals surface area contributed by atoms with Gasteiger partial charge in [0.05, 0.1) is 13.2 Å². The third kappa shape index (κ3) is 4.54. The molecule has 1 unspecified atom stereocenters. The van der Waals surface area contributed by atoms with Gasteiger partial charge in [-0.25, -0.2) is 5.21 Å². The highest BCUT2D eigenvalue weighted by molar-refractivity contribution is 7.47. The van der Waals surface area contributed by atoms with Gasteiger partial charge in [0.15, 0.2) is 0 Å². The molecule has 0 amide bonds. The van der Waals surface area contributed by atoms with Crippen molar-refractivity contribution in [1.82, 2.24) is 0 Å². The van der Waals surface area contributed by atoms with Crippen molar-refractivity contribution in [2.75, 3.05) is 19.8 Å².